The summed E-state index contributed by atoms with van der Waals surface area (Å²) in [6.07, 6.45) is 3.13. The summed E-state index contributed by atoms with van der Waals surface area (Å²) >= 11 is 0. The van der Waals surface area contributed by atoms with Crippen LogP contribution in [0.3, 0.4) is 0 Å². The molecule has 72 valence electrons. The number of aliphatic hydroxyl groups is 2. The van der Waals surface area contributed by atoms with E-state index in [1.807, 2.05) is 0 Å². The number of hydrogen-bond donors (Lipinski definition) is 2. The van der Waals surface area contributed by atoms with Crippen LogP contribution < -0.4 is 0 Å². The molecule has 0 aromatic heterocycles. The molecule has 1 rings (SSSR count). The van der Waals surface area contributed by atoms with Crippen molar-refractivity contribution in [3.63, 3.8) is 0 Å². The Bertz CT molecular complexity index is 279. The van der Waals surface area contributed by atoms with E-state index in [-0.39, 0.29) is 0 Å². The molecule has 0 aliphatic heterocycles. The first-order chi connectivity index (χ1) is 6.02. The summed E-state index contributed by atoms with van der Waals surface area (Å²) < 4.78 is 4.38. The van der Waals surface area contributed by atoms with Crippen molar-refractivity contribution in [2.24, 2.45) is 0 Å². The van der Waals surface area contributed by atoms with E-state index in [0.717, 1.165) is 7.11 Å². The number of hydrogen-bond acceptors (Lipinski definition) is 4. The number of carbonyl (C=O) groups is 1. The van der Waals surface area contributed by atoms with Crippen LogP contribution in [0.5, 0.6) is 0 Å². The summed E-state index contributed by atoms with van der Waals surface area (Å²) in [5.74, 6) is -0.858. The maximum Gasteiger partial charge on any atom is 0.345 e. The number of methoxy groups -OCH3 is 1. The van der Waals surface area contributed by atoms with Crippen molar-refractivity contribution in [1.82, 2.24) is 0 Å². The Morgan fingerprint density at radius 3 is 2.85 bits per heavy atom. The molecule has 0 bridgehead atoms. The molecule has 13 heavy (non-hydrogen) atoms. The van der Waals surface area contributed by atoms with Crippen molar-refractivity contribution in [1.29, 1.82) is 0 Å². The SMILES string of the molecule is COC(=O)C1(O)C=CC=C(C)C1O. The first-order valence-electron chi connectivity index (χ1n) is 3.87. The van der Waals surface area contributed by atoms with Crippen LogP contribution >= 0.6 is 0 Å². The molecule has 0 saturated heterocycles. The first-order valence-corrected chi connectivity index (χ1v) is 3.87. The second-order valence-corrected chi connectivity index (χ2v) is 2.99. The molecule has 4 nitrogen and oxygen atoms in total. The van der Waals surface area contributed by atoms with Crippen LogP contribution in [0.15, 0.2) is 23.8 Å². The minimum absolute atomic E-state index is 0.524. The standard InChI is InChI=1S/C9H12O4/c1-6-4-3-5-9(12,7(6)10)8(11)13-2/h3-5,7,10,12H,1-2H3. The summed E-state index contributed by atoms with van der Waals surface area (Å²) in [6, 6.07) is 0. The van der Waals surface area contributed by atoms with Crippen LogP contribution in [0, 0.1) is 0 Å². The Balaban J connectivity index is 2.99. The van der Waals surface area contributed by atoms with Gasteiger partial charge in [-0.2, -0.15) is 0 Å². The molecule has 1 aliphatic carbocycles. The highest BCUT2D eigenvalue weighted by atomic mass is 16.5. The molecule has 2 N–H and O–H groups in total. The lowest BCUT2D eigenvalue weighted by Crippen LogP contribution is -2.50. The fourth-order valence-electron chi connectivity index (χ4n) is 1.22. The van der Waals surface area contributed by atoms with Gasteiger partial charge < -0.3 is 14.9 Å². The van der Waals surface area contributed by atoms with Gasteiger partial charge in [-0.15, -0.1) is 0 Å². The van der Waals surface area contributed by atoms with Crippen LogP contribution in [0.4, 0.5) is 0 Å². The van der Waals surface area contributed by atoms with Crippen LogP contribution in [-0.4, -0.2) is 35.0 Å². The molecule has 0 amide bonds. The zero-order valence-electron chi connectivity index (χ0n) is 7.52. The fraction of sp³-hybridized carbons (Fsp3) is 0.444. The van der Waals surface area contributed by atoms with Gasteiger partial charge in [0, 0.05) is 0 Å². The molecule has 0 saturated carbocycles. The van der Waals surface area contributed by atoms with Gasteiger partial charge in [-0.1, -0.05) is 12.2 Å². The Morgan fingerprint density at radius 1 is 1.69 bits per heavy atom. The molecule has 0 spiro atoms. The van der Waals surface area contributed by atoms with Gasteiger partial charge in [0.15, 0.2) is 0 Å². The summed E-state index contributed by atoms with van der Waals surface area (Å²) in [7, 11) is 1.16. The number of carbonyl (C=O) groups excluding carboxylic acids is 1. The van der Waals surface area contributed by atoms with Crippen molar-refractivity contribution < 1.29 is 19.7 Å². The van der Waals surface area contributed by atoms with Crippen LogP contribution in [-0.2, 0) is 9.53 Å². The highest BCUT2D eigenvalue weighted by molar-refractivity contribution is 5.83. The lowest BCUT2D eigenvalue weighted by molar-refractivity contribution is -0.165. The third-order valence-electron chi connectivity index (χ3n) is 2.07. The summed E-state index contributed by atoms with van der Waals surface area (Å²) in [6.45, 7) is 1.63. The molecule has 0 heterocycles. The van der Waals surface area contributed by atoms with Gasteiger partial charge in [0.05, 0.1) is 7.11 Å². The molecule has 0 radical (unpaired) electrons. The summed E-state index contributed by atoms with van der Waals surface area (Å²) in [5.41, 5.74) is -1.41. The zero-order valence-corrected chi connectivity index (χ0v) is 7.52. The Hall–Kier alpha value is -1.13. The smallest absolute Gasteiger partial charge is 0.345 e. The van der Waals surface area contributed by atoms with Gasteiger partial charge in [-0.25, -0.2) is 4.79 Å². The van der Waals surface area contributed by atoms with E-state index in [1.165, 1.54) is 12.2 Å². The number of rotatable bonds is 1. The van der Waals surface area contributed by atoms with Gasteiger partial charge in [-0.3, -0.25) is 0 Å². The maximum absolute atomic E-state index is 11.1. The van der Waals surface area contributed by atoms with Crippen LogP contribution in [0.2, 0.25) is 0 Å². The fourth-order valence-corrected chi connectivity index (χ4v) is 1.22. The van der Waals surface area contributed by atoms with E-state index < -0.39 is 17.7 Å². The molecular formula is C9H12O4. The van der Waals surface area contributed by atoms with E-state index in [4.69, 9.17) is 0 Å². The molecule has 4 heteroatoms. The van der Waals surface area contributed by atoms with E-state index in [9.17, 15) is 15.0 Å². The third-order valence-corrected chi connectivity index (χ3v) is 2.07. The molecule has 2 unspecified atom stereocenters. The normalized spacial score (nSPS) is 32.6. The summed E-state index contributed by atoms with van der Waals surface area (Å²) in [4.78, 5) is 11.1. The Morgan fingerprint density at radius 2 is 2.31 bits per heavy atom. The maximum atomic E-state index is 11.1. The van der Waals surface area contributed by atoms with Crippen molar-refractivity contribution in [3.8, 4) is 0 Å². The first kappa shape index (κ1) is 9.95. The quantitative estimate of drug-likeness (QED) is 0.552. The topological polar surface area (TPSA) is 66.8 Å². The molecule has 1 aliphatic rings. The lowest BCUT2D eigenvalue weighted by Gasteiger charge is -2.29. The van der Waals surface area contributed by atoms with Gasteiger partial charge in [0.25, 0.3) is 0 Å². The average Bonchev–Trinajstić information content (AvgIpc) is 2.13. The minimum atomic E-state index is -1.94. The number of ether oxygens (including phenoxy) is 1. The van der Waals surface area contributed by atoms with Crippen LogP contribution in [0.1, 0.15) is 6.92 Å². The van der Waals surface area contributed by atoms with Crippen molar-refractivity contribution in [2.75, 3.05) is 7.11 Å². The van der Waals surface area contributed by atoms with Crippen molar-refractivity contribution in [2.45, 2.75) is 18.6 Å². The molecule has 2 atom stereocenters. The van der Waals surface area contributed by atoms with E-state index in [2.05, 4.69) is 4.74 Å². The zero-order chi connectivity index (χ0) is 10.1. The van der Waals surface area contributed by atoms with Gasteiger partial charge in [-0.05, 0) is 18.6 Å². The van der Waals surface area contributed by atoms with Crippen LogP contribution in [0.25, 0.3) is 0 Å². The van der Waals surface area contributed by atoms with Gasteiger partial charge in [0.1, 0.15) is 6.10 Å². The van der Waals surface area contributed by atoms with E-state index >= 15 is 0 Å². The minimum Gasteiger partial charge on any atom is -0.467 e. The highest BCUT2D eigenvalue weighted by Gasteiger charge is 2.44. The monoisotopic (exact) mass is 184 g/mol. The number of allylic oxidation sites excluding steroid dienone is 2. The van der Waals surface area contributed by atoms with E-state index in [0.29, 0.717) is 5.57 Å². The number of esters is 1. The molecule has 0 aromatic rings. The second kappa shape index (κ2) is 3.32. The molecule has 0 fully saturated rings. The van der Waals surface area contributed by atoms with Crippen molar-refractivity contribution in [3.05, 3.63) is 23.8 Å². The van der Waals surface area contributed by atoms with Crippen molar-refractivity contribution >= 4 is 5.97 Å². The van der Waals surface area contributed by atoms with Gasteiger partial charge in [0.2, 0.25) is 5.60 Å². The predicted octanol–water partition coefficient (Wildman–Crippen LogP) is -0.232. The highest BCUT2D eigenvalue weighted by Crippen LogP contribution is 2.24. The Labute approximate surface area is 76.1 Å². The predicted molar refractivity (Wildman–Crippen MR) is 45.9 cm³/mol. The number of aliphatic hydroxyl groups excluding tert-OH is 1. The summed E-state index contributed by atoms with van der Waals surface area (Å²) in [5, 5.41) is 19.3. The second-order valence-electron chi connectivity index (χ2n) is 2.99. The van der Waals surface area contributed by atoms with Gasteiger partial charge >= 0.3 is 5.97 Å². The molecular weight excluding hydrogens is 172 g/mol. The van der Waals surface area contributed by atoms with E-state index in [1.54, 1.807) is 13.0 Å². The third kappa shape index (κ3) is 1.50. The Kier molecular flexibility index (Phi) is 2.54. The molecule has 0 aromatic carbocycles. The average molecular weight is 184 g/mol. The largest absolute Gasteiger partial charge is 0.467 e. The lowest BCUT2D eigenvalue weighted by atomic mass is 9.87.